The third kappa shape index (κ3) is 1.91. The highest BCUT2D eigenvalue weighted by atomic mass is 16.9. The van der Waals surface area contributed by atoms with E-state index in [1.165, 1.54) is 19.3 Å². The zero-order valence-corrected chi connectivity index (χ0v) is 12.8. The molecule has 0 amide bonds. The largest absolute Gasteiger partial charge is 0.327 e. The molecule has 0 aromatic carbocycles. The standard InChI is InChI=1S/C16H25NO3/c1-14(2,3)15(11-17)13-9-18-16(20-15,19-10-13)12-7-5-4-6-8-12/h12-13H,4-10H2,1-3H3. The van der Waals surface area contributed by atoms with Crippen molar-refractivity contribution in [2.45, 2.75) is 64.4 Å². The number of nitriles is 1. The van der Waals surface area contributed by atoms with Crippen LogP contribution in [0.25, 0.3) is 0 Å². The minimum Gasteiger partial charge on any atom is -0.327 e. The van der Waals surface area contributed by atoms with Crippen molar-refractivity contribution in [3.05, 3.63) is 0 Å². The van der Waals surface area contributed by atoms with E-state index in [-0.39, 0.29) is 17.3 Å². The Morgan fingerprint density at radius 3 is 2.10 bits per heavy atom. The number of rotatable bonds is 1. The molecule has 0 aromatic rings. The Kier molecular flexibility index (Phi) is 3.36. The molecule has 1 unspecified atom stereocenters. The normalized spacial score (nSPS) is 42.4. The van der Waals surface area contributed by atoms with Gasteiger partial charge in [-0.2, -0.15) is 5.26 Å². The first-order valence-electron chi connectivity index (χ1n) is 7.83. The van der Waals surface area contributed by atoms with Crippen molar-refractivity contribution in [3.63, 3.8) is 0 Å². The fourth-order valence-corrected chi connectivity index (χ4v) is 3.95. The van der Waals surface area contributed by atoms with Gasteiger partial charge in [-0.1, -0.05) is 40.0 Å². The topological polar surface area (TPSA) is 51.5 Å². The van der Waals surface area contributed by atoms with Crippen LogP contribution in [0.5, 0.6) is 0 Å². The lowest BCUT2D eigenvalue weighted by Crippen LogP contribution is -2.70. The molecule has 1 aliphatic carbocycles. The second kappa shape index (κ2) is 4.69. The van der Waals surface area contributed by atoms with Crippen LogP contribution < -0.4 is 0 Å². The van der Waals surface area contributed by atoms with Crippen LogP contribution in [0.15, 0.2) is 0 Å². The first-order valence-corrected chi connectivity index (χ1v) is 7.83. The average molecular weight is 279 g/mol. The Balaban J connectivity index is 1.93. The summed E-state index contributed by atoms with van der Waals surface area (Å²) in [5.41, 5.74) is -1.05. The predicted octanol–water partition coefficient (Wildman–Crippen LogP) is 3.22. The third-order valence-corrected chi connectivity index (χ3v) is 5.24. The summed E-state index contributed by atoms with van der Waals surface area (Å²) in [4.78, 5) is 0. The second-order valence-electron chi connectivity index (χ2n) is 7.46. The van der Waals surface area contributed by atoms with E-state index in [1.54, 1.807) is 0 Å². The maximum absolute atomic E-state index is 9.83. The van der Waals surface area contributed by atoms with Gasteiger partial charge >= 0.3 is 0 Å². The quantitative estimate of drug-likeness (QED) is 0.739. The molecule has 3 aliphatic heterocycles. The zero-order chi connectivity index (χ0) is 14.4. The molecule has 20 heavy (non-hydrogen) atoms. The second-order valence-corrected chi connectivity index (χ2v) is 7.46. The van der Waals surface area contributed by atoms with Crippen LogP contribution in [-0.4, -0.2) is 24.8 Å². The first-order chi connectivity index (χ1) is 9.44. The Bertz CT molecular complexity index is 408. The summed E-state index contributed by atoms with van der Waals surface area (Å²) in [7, 11) is 0. The van der Waals surface area contributed by atoms with Gasteiger partial charge in [0.15, 0.2) is 5.60 Å². The van der Waals surface area contributed by atoms with Crippen LogP contribution in [-0.2, 0) is 14.2 Å². The van der Waals surface area contributed by atoms with Gasteiger partial charge in [-0.25, -0.2) is 0 Å². The van der Waals surface area contributed by atoms with Crippen molar-refractivity contribution in [2.24, 2.45) is 17.3 Å². The molecule has 4 fully saturated rings. The molecule has 2 bridgehead atoms. The van der Waals surface area contributed by atoms with Gasteiger partial charge in [0, 0.05) is 17.3 Å². The SMILES string of the molecule is CC(C)(C)C1(C#N)OC2(C3CCCCC3)OCC1CO2. The number of nitrogens with zero attached hydrogens (tertiary/aromatic N) is 1. The molecule has 4 nitrogen and oxygen atoms in total. The van der Waals surface area contributed by atoms with Crippen molar-refractivity contribution in [2.75, 3.05) is 13.2 Å². The molecule has 1 saturated carbocycles. The van der Waals surface area contributed by atoms with E-state index in [0.717, 1.165) is 12.8 Å². The molecule has 0 aromatic heterocycles. The smallest absolute Gasteiger partial charge is 0.287 e. The van der Waals surface area contributed by atoms with Gasteiger partial charge in [0.25, 0.3) is 5.97 Å². The van der Waals surface area contributed by atoms with E-state index in [4.69, 9.17) is 14.2 Å². The van der Waals surface area contributed by atoms with Crippen molar-refractivity contribution >= 4 is 0 Å². The molecule has 4 heteroatoms. The van der Waals surface area contributed by atoms with Crippen molar-refractivity contribution in [1.29, 1.82) is 5.26 Å². The van der Waals surface area contributed by atoms with Crippen LogP contribution in [0, 0.1) is 28.6 Å². The Hall–Kier alpha value is -0.630. The van der Waals surface area contributed by atoms with Gasteiger partial charge in [-0.05, 0) is 12.8 Å². The van der Waals surface area contributed by atoms with Crippen molar-refractivity contribution < 1.29 is 14.2 Å². The number of ether oxygens (including phenoxy) is 3. The highest BCUT2D eigenvalue weighted by Crippen LogP contribution is 2.53. The molecule has 0 spiro atoms. The third-order valence-electron chi connectivity index (χ3n) is 5.24. The average Bonchev–Trinajstić information content (AvgIpc) is 2.48. The van der Waals surface area contributed by atoms with Crippen molar-refractivity contribution in [3.8, 4) is 6.07 Å². The minimum atomic E-state index is -0.974. The lowest BCUT2D eigenvalue weighted by atomic mass is 9.68. The minimum absolute atomic E-state index is 0.00188. The molecule has 3 heterocycles. The van der Waals surface area contributed by atoms with E-state index >= 15 is 0 Å². The van der Waals surface area contributed by atoms with Gasteiger partial charge in [0.2, 0.25) is 0 Å². The van der Waals surface area contributed by atoms with E-state index in [0.29, 0.717) is 13.2 Å². The number of hydrogen-bond acceptors (Lipinski definition) is 4. The van der Waals surface area contributed by atoms with E-state index in [2.05, 4.69) is 26.8 Å². The first kappa shape index (κ1) is 14.3. The molecule has 1 atom stereocenters. The van der Waals surface area contributed by atoms with Crippen LogP contribution in [0.3, 0.4) is 0 Å². The lowest BCUT2D eigenvalue weighted by molar-refractivity contribution is -0.510. The molecular formula is C16H25NO3. The van der Waals surface area contributed by atoms with Crippen LogP contribution in [0.2, 0.25) is 0 Å². The van der Waals surface area contributed by atoms with E-state index in [9.17, 15) is 5.26 Å². The molecule has 0 N–H and O–H groups in total. The van der Waals surface area contributed by atoms with Crippen LogP contribution >= 0.6 is 0 Å². The monoisotopic (exact) mass is 279 g/mol. The molecule has 0 radical (unpaired) electrons. The summed E-state index contributed by atoms with van der Waals surface area (Å²) >= 11 is 0. The number of fused-ring (bicyclic) bond motifs is 3. The Morgan fingerprint density at radius 1 is 1.00 bits per heavy atom. The maximum Gasteiger partial charge on any atom is 0.287 e. The summed E-state index contributed by atoms with van der Waals surface area (Å²) in [5.74, 6) is -0.719. The molecule has 4 aliphatic rings. The Morgan fingerprint density at radius 2 is 1.60 bits per heavy atom. The molecular weight excluding hydrogens is 254 g/mol. The summed E-state index contributed by atoms with van der Waals surface area (Å²) in [6.07, 6.45) is 5.80. The molecule has 112 valence electrons. The fourth-order valence-electron chi connectivity index (χ4n) is 3.95. The summed E-state index contributed by atoms with van der Waals surface area (Å²) in [6.45, 7) is 7.37. The lowest BCUT2D eigenvalue weighted by Gasteiger charge is -2.59. The summed E-state index contributed by atoms with van der Waals surface area (Å²) < 4.78 is 18.2. The van der Waals surface area contributed by atoms with Gasteiger partial charge in [-0.15, -0.1) is 0 Å². The van der Waals surface area contributed by atoms with Gasteiger partial charge in [0.1, 0.15) is 0 Å². The van der Waals surface area contributed by atoms with Gasteiger partial charge < -0.3 is 14.2 Å². The van der Waals surface area contributed by atoms with Gasteiger partial charge in [0.05, 0.1) is 19.3 Å². The van der Waals surface area contributed by atoms with Crippen molar-refractivity contribution in [1.82, 2.24) is 0 Å². The summed E-state index contributed by atoms with van der Waals surface area (Å²) in [6, 6.07) is 2.47. The summed E-state index contributed by atoms with van der Waals surface area (Å²) in [5, 5.41) is 9.83. The highest BCUT2D eigenvalue weighted by molar-refractivity contribution is 5.16. The Labute approximate surface area is 121 Å². The highest BCUT2D eigenvalue weighted by Gasteiger charge is 2.65. The molecule has 4 rings (SSSR count). The zero-order valence-electron chi connectivity index (χ0n) is 12.8. The van der Waals surface area contributed by atoms with E-state index in [1.807, 2.05) is 0 Å². The van der Waals surface area contributed by atoms with Crippen LogP contribution in [0.1, 0.15) is 52.9 Å². The number of hydrogen-bond donors (Lipinski definition) is 0. The fraction of sp³-hybridized carbons (Fsp3) is 0.938. The molecule has 3 saturated heterocycles. The predicted molar refractivity (Wildman–Crippen MR) is 73.6 cm³/mol. The van der Waals surface area contributed by atoms with E-state index < -0.39 is 11.6 Å². The van der Waals surface area contributed by atoms with Crippen LogP contribution in [0.4, 0.5) is 0 Å². The maximum atomic E-state index is 9.83. The van der Waals surface area contributed by atoms with Gasteiger partial charge in [-0.3, -0.25) is 0 Å².